The van der Waals surface area contributed by atoms with Crippen LogP contribution in [0.1, 0.15) is 11.1 Å². The lowest BCUT2D eigenvalue weighted by Crippen LogP contribution is -2.36. The predicted octanol–water partition coefficient (Wildman–Crippen LogP) is 3.20. The summed E-state index contributed by atoms with van der Waals surface area (Å²) in [5.74, 6) is 0.779. The number of carbonyl (C=O) groups is 1. The molecular formula is C28H31N5O3. The molecule has 8 nitrogen and oxygen atoms in total. The second-order valence-corrected chi connectivity index (χ2v) is 8.84. The summed E-state index contributed by atoms with van der Waals surface area (Å²) in [5, 5.41) is 0. The summed E-state index contributed by atoms with van der Waals surface area (Å²) in [6.45, 7) is 6.56. The highest BCUT2D eigenvalue weighted by atomic mass is 16.5. The van der Waals surface area contributed by atoms with E-state index in [1.165, 1.54) is 11.8 Å². The van der Waals surface area contributed by atoms with Crippen LogP contribution in [0.2, 0.25) is 0 Å². The lowest BCUT2D eigenvalue weighted by atomic mass is 10.1. The molecule has 2 aromatic rings. The van der Waals surface area contributed by atoms with Crippen LogP contribution in [0, 0.1) is 0 Å². The van der Waals surface area contributed by atoms with Crippen molar-refractivity contribution in [3.8, 4) is 0 Å². The number of nitrogens with zero attached hydrogens (tertiary/aromatic N) is 5. The summed E-state index contributed by atoms with van der Waals surface area (Å²) >= 11 is 0. The molecule has 8 heteroatoms. The van der Waals surface area contributed by atoms with Crippen LogP contribution in [-0.4, -0.2) is 83.0 Å². The van der Waals surface area contributed by atoms with E-state index in [4.69, 9.17) is 14.5 Å². The zero-order valence-corrected chi connectivity index (χ0v) is 20.5. The number of carbonyl (C=O) groups excluding carboxylic acids is 1. The molecule has 36 heavy (non-hydrogen) atoms. The number of morpholine rings is 2. The Labute approximate surface area is 211 Å². The Morgan fingerprint density at radius 2 is 1.31 bits per heavy atom. The molecule has 0 atom stereocenters. The van der Waals surface area contributed by atoms with Gasteiger partial charge in [0.25, 0.3) is 0 Å². The molecule has 3 aliphatic heterocycles. The van der Waals surface area contributed by atoms with Gasteiger partial charge in [-0.25, -0.2) is 9.98 Å². The topological polar surface area (TPSA) is 70.0 Å². The molecule has 2 aromatic carbocycles. The van der Waals surface area contributed by atoms with Crippen molar-refractivity contribution in [3.05, 3.63) is 77.5 Å². The van der Waals surface area contributed by atoms with Crippen molar-refractivity contribution in [2.75, 3.05) is 69.5 Å². The monoisotopic (exact) mass is 485 g/mol. The van der Waals surface area contributed by atoms with E-state index >= 15 is 0 Å². The van der Waals surface area contributed by atoms with Gasteiger partial charge in [-0.3, -0.25) is 4.79 Å². The van der Waals surface area contributed by atoms with Gasteiger partial charge < -0.3 is 24.2 Å². The molecule has 0 bridgehead atoms. The van der Waals surface area contributed by atoms with Crippen molar-refractivity contribution in [2.45, 2.75) is 0 Å². The van der Waals surface area contributed by atoms with Gasteiger partial charge >= 0.3 is 0 Å². The molecule has 0 spiro atoms. The molecule has 3 heterocycles. The summed E-state index contributed by atoms with van der Waals surface area (Å²) in [7, 11) is 1.92. The first-order chi connectivity index (χ1) is 17.7. The molecule has 0 unspecified atom stereocenters. The Hall–Kier alpha value is -3.75. The molecule has 0 N–H and O–H groups in total. The predicted molar refractivity (Wildman–Crippen MR) is 144 cm³/mol. The van der Waals surface area contributed by atoms with Gasteiger partial charge in [0.2, 0.25) is 0 Å². The number of benzene rings is 2. The zero-order valence-electron chi connectivity index (χ0n) is 20.5. The van der Waals surface area contributed by atoms with Crippen molar-refractivity contribution < 1.29 is 14.3 Å². The van der Waals surface area contributed by atoms with Crippen molar-refractivity contribution in [2.24, 2.45) is 9.98 Å². The van der Waals surface area contributed by atoms with Crippen LogP contribution in [-0.2, 0) is 14.3 Å². The Morgan fingerprint density at radius 1 is 0.778 bits per heavy atom. The van der Waals surface area contributed by atoms with Gasteiger partial charge in [0.05, 0.1) is 44.2 Å². The van der Waals surface area contributed by atoms with Gasteiger partial charge in [0.15, 0.2) is 0 Å². The molecule has 3 aliphatic rings. The molecule has 186 valence electrons. The highest BCUT2D eigenvalue weighted by Crippen LogP contribution is 2.26. The highest BCUT2D eigenvalue weighted by molar-refractivity contribution is 6.07. The maximum absolute atomic E-state index is 11.2. The van der Waals surface area contributed by atoms with Crippen LogP contribution in [0.3, 0.4) is 0 Å². The molecular weight excluding hydrogens is 454 g/mol. The highest BCUT2D eigenvalue weighted by Gasteiger charge is 2.16. The first kappa shape index (κ1) is 24.0. The number of hydrogen-bond acceptors (Lipinski definition) is 8. The van der Waals surface area contributed by atoms with Gasteiger partial charge in [-0.05, 0) is 42.5 Å². The van der Waals surface area contributed by atoms with Crippen LogP contribution in [0.25, 0.3) is 5.70 Å². The molecule has 2 saturated heterocycles. The maximum atomic E-state index is 11.2. The Morgan fingerprint density at radius 3 is 1.83 bits per heavy atom. The Balaban J connectivity index is 1.47. The van der Waals surface area contributed by atoms with Gasteiger partial charge in [-0.2, -0.15) is 0 Å². The minimum atomic E-state index is 0.551. The molecule has 2 fully saturated rings. The normalized spacial score (nSPS) is 21.5. The Kier molecular flexibility index (Phi) is 7.54. The van der Waals surface area contributed by atoms with Crippen LogP contribution < -0.4 is 9.80 Å². The molecule has 0 aliphatic carbocycles. The van der Waals surface area contributed by atoms with E-state index in [0.29, 0.717) is 5.70 Å². The number of amidine groups is 1. The van der Waals surface area contributed by atoms with E-state index in [9.17, 15) is 4.79 Å². The van der Waals surface area contributed by atoms with E-state index in [1.54, 1.807) is 6.34 Å². The molecule has 0 saturated carbocycles. The summed E-state index contributed by atoms with van der Waals surface area (Å²) in [6, 6.07) is 16.8. The smallest absolute Gasteiger partial charge is 0.144 e. The van der Waals surface area contributed by atoms with Crippen LogP contribution in [0.4, 0.5) is 11.4 Å². The van der Waals surface area contributed by atoms with Crippen LogP contribution in [0.15, 0.2) is 76.4 Å². The lowest BCUT2D eigenvalue weighted by Gasteiger charge is -2.29. The van der Waals surface area contributed by atoms with Gasteiger partial charge in [0, 0.05) is 61.8 Å². The second-order valence-electron chi connectivity index (χ2n) is 8.84. The quantitative estimate of drug-likeness (QED) is 0.479. The van der Waals surface area contributed by atoms with E-state index in [-0.39, 0.29) is 0 Å². The maximum Gasteiger partial charge on any atom is 0.144 e. The average molecular weight is 486 g/mol. The largest absolute Gasteiger partial charge is 0.378 e. The number of aliphatic imine (C=N–C) groups is 2. The van der Waals surface area contributed by atoms with Crippen molar-refractivity contribution >= 4 is 35.5 Å². The fourth-order valence-electron chi connectivity index (χ4n) is 4.49. The number of anilines is 2. The number of ether oxygens (including phenoxy) is 2. The number of rotatable bonds is 5. The summed E-state index contributed by atoms with van der Waals surface area (Å²) < 4.78 is 11.0. The summed E-state index contributed by atoms with van der Waals surface area (Å²) in [5.41, 5.74) is 5.57. The average Bonchev–Trinajstić information content (AvgIpc) is 2.94. The lowest BCUT2D eigenvalue weighted by molar-refractivity contribution is -0.104. The number of aldehydes is 1. The Bertz CT molecular complexity index is 1170. The third-order valence-corrected chi connectivity index (χ3v) is 6.50. The minimum absolute atomic E-state index is 0.551. The third kappa shape index (κ3) is 5.56. The zero-order chi connectivity index (χ0) is 24.7. The van der Waals surface area contributed by atoms with Gasteiger partial charge in [-0.15, -0.1) is 0 Å². The fraction of sp³-hybridized carbons (Fsp3) is 0.321. The van der Waals surface area contributed by atoms with Gasteiger partial charge in [0.1, 0.15) is 12.1 Å². The van der Waals surface area contributed by atoms with Crippen LogP contribution >= 0.6 is 0 Å². The van der Waals surface area contributed by atoms with Crippen LogP contribution in [0.5, 0.6) is 0 Å². The SMILES string of the molecule is CN1C=NC(=C\C=O)/C=C(/c2ccc(N3CCOCC3)cc2)N=C1c1ccc(N2CCOCC2)cc1. The van der Waals surface area contributed by atoms with Crippen molar-refractivity contribution in [3.63, 3.8) is 0 Å². The summed E-state index contributed by atoms with van der Waals surface area (Å²) in [6.07, 6.45) is 5.74. The van der Waals surface area contributed by atoms with Gasteiger partial charge in [-0.1, -0.05) is 12.1 Å². The standard InChI is InChI=1S/C28H31N5O3/c1-31-21-29-24(10-15-34)20-27(22-2-6-25(7-3-22)32-11-16-35-17-12-32)30-28(31)23-4-8-26(9-5-23)33-13-18-36-19-14-33/h2-10,15,20-21H,11-14,16-19H2,1H3/b24-10-,27-20-,29-21?,30-28?. The molecule has 0 radical (unpaired) electrons. The van der Waals surface area contributed by atoms with E-state index in [2.05, 4.69) is 63.3 Å². The molecule has 0 aromatic heterocycles. The van der Waals surface area contributed by atoms with E-state index in [1.807, 2.05) is 18.0 Å². The second kappa shape index (κ2) is 11.3. The van der Waals surface area contributed by atoms with E-state index in [0.717, 1.165) is 87.2 Å². The summed E-state index contributed by atoms with van der Waals surface area (Å²) in [4.78, 5) is 27.3. The molecule has 0 amide bonds. The first-order valence-electron chi connectivity index (χ1n) is 12.3. The van der Waals surface area contributed by atoms with Crippen molar-refractivity contribution in [1.82, 2.24) is 4.90 Å². The number of hydrogen-bond donors (Lipinski definition) is 0. The third-order valence-electron chi connectivity index (χ3n) is 6.50. The first-order valence-corrected chi connectivity index (χ1v) is 12.3. The number of allylic oxidation sites excluding steroid dienone is 2. The fourth-order valence-corrected chi connectivity index (χ4v) is 4.49. The van der Waals surface area contributed by atoms with E-state index < -0.39 is 0 Å². The van der Waals surface area contributed by atoms with Crippen molar-refractivity contribution in [1.29, 1.82) is 0 Å². The molecule has 5 rings (SSSR count). The minimum Gasteiger partial charge on any atom is -0.378 e.